The Bertz CT molecular complexity index is 646. The van der Waals surface area contributed by atoms with E-state index < -0.39 is 5.63 Å². The van der Waals surface area contributed by atoms with Crippen LogP contribution in [0.15, 0.2) is 27.4 Å². The Labute approximate surface area is 115 Å². The minimum absolute atomic E-state index is 0.112. The highest BCUT2D eigenvalue weighted by molar-refractivity contribution is 5.86. The van der Waals surface area contributed by atoms with Crippen LogP contribution < -0.4 is 15.1 Å². The molecular formula is C14H16O6. The van der Waals surface area contributed by atoms with Crippen LogP contribution in [0.2, 0.25) is 0 Å². The molecule has 6 heteroatoms. The fourth-order valence-corrected chi connectivity index (χ4v) is 1.73. The Morgan fingerprint density at radius 1 is 1.25 bits per heavy atom. The smallest absolute Gasteiger partial charge is 0.383 e. The van der Waals surface area contributed by atoms with Crippen molar-refractivity contribution in [2.45, 2.75) is 13.3 Å². The zero-order chi connectivity index (χ0) is 14.5. The molecule has 0 saturated heterocycles. The van der Waals surface area contributed by atoms with E-state index >= 15 is 0 Å². The van der Waals surface area contributed by atoms with Gasteiger partial charge >= 0.3 is 5.63 Å². The summed E-state index contributed by atoms with van der Waals surface area (Å²) in [6.45, 7) is 2.23. The van der Waals surface area contributed by atoms with Gasteiger partial charge in [0.15, 0.2) is 5.75 Å². The number of fused-ring (bicyclic) bond motifs is 1. The maximum atomic E-state index is 11.7. The summed E-state index contributed by atoms with van der Waals surface area (Å²) < 4.78 is 15.5. The van der Waals surface area contributed by atoms with Gasteiger partial charge in [0, 0.05) is 0 Å². The van der Waals surface area contributed by atoms with Gasteiger partial charge in [-0.3, -0.25) is 0 Å². The number of aliphatic hydroxyl groups is 1. The molecule has 0 aliphatic carbocycles. The van der Waals surface area contributed by atoms with E-state index in [1.54, 1.807) is 6.07 Å². The van der Waals surface area contributed by atoms with Gasteiger partial charge in [-0.05, 0) is 24.6 Å². The lowest BCUT2D eigenvalue weighted by atomic mass is 10.2. The van der Waals surface area contributed by atoms with Crippen LogP contribution in [0.1, 0.15) is 13.3 Å². The first-order valence-corrected chi connectivity index (χ1v) is 6.33. The van der Waals surface area contributed by atoms with Crippen molar-refractivity contribution in [2.75, 3.05) is 19.8 Å². The summed E-state index contributed by atoms with van der Waals surface area (Å²) in [5.74, 6) is -0.00468. The average Bonchev–Trinajstić information content (AvgIpc) is 2.45. The second kappa shape index (κ2) is 6.29. The summed E-state index contributed by atoms with van der Waals surface area (Å²) >= 11 is 0. The quantitative estimate of drug-likeness (QED) is 0.782. The molecule has 0 atom stereocenters. The van der Waals surface area contributed by atoms with Gasteiger partial charge in [-0.1, -0.05) is 6.92 Å². The van der Waals surface area contributed by atoms with E-state index in [-0.39, 0.29) is 30.3 Å². The molecule has 108 valence electrons. The first kappa shape index (κ1) is 14.2. The minimum Gasteiger partial charge on any atom is -0.504 e. The Morgan fingerprint density at radius 3 is 2.75 bits per heavy atom. The molecule has 0 bridgehead atoms. The van der Waals surface area contributed by atoms with Crippen molar-refractivity contribution >= 4 is 11.0 Å². The standard InChI is InChI=1S/C14H16O6/c1-2-6-19-13-12(16)10-8-9(18-7-5-15)3-4-11(10)20-14(13)17/h3-4,8,15-16H,2,5-7H2,1H3. The van der Waals surface area contributed by atoms with Gasteiger partial charge in [-0.25, -0.2) is 4.79 Å². The van der Waals surface area contributed by atoms with Gasteiger partial charge in [0.2, 0.25) is 5.75 Å². The lowest BCUT2D eigenvalue weighted by Crippen LogP contribution is -2.08. The number of rotatable bonds is 6. The molecule has 0 fully saturated rings. The maximum absolute atomic E-state index is 11.7. The lowest BCUT2D eigenvalue weighted by molar-refractivity contribution is 0.201. The summed E-state index contributed by atoms with van der Waals surface area (Å²) in [5, 5.41) is 19.2. The van der Waals surface area contributed by atoms with Crippen molar-refractivity contribution < 1.29 is 24.1 Å². The highest BCUT2D eigenvalue weighted by atomic mass is 16.5. The number of hydrogen-bond donors (Lipinski definition) is 2. The minimum atomic E-state index is -0.715. The molecule has 0 amide bonds. The largest absolute Gasteiger partial charge is 0.504 e. The van der Waals surface area contributed by atoms with Gasteiger partial charge in [0.1, 0.15) is 17.9 Å². The fourth-order valence-electron chi connectivity index (χ4n) is 1.73. The van der Waals surface area contributed by atoms with Crippen LogP contribution >= 0.6 is 0 Å². The molecule has 0 saturated carbocycles. The van der Waals surface area contributed by atoms with E-state index in [0.717, 1.165) is 0 Å². The molecule has 1 heterocycles. The molecule has 0 spiro atoms. The Balaban J connectivity index is 2.47. The number of ether oxygens (including phenoxy) is 2. The average molecular weight is 280 g/mol. The van der Waals surface area contributed by atoms with E-state index in [4.69, 9.17) is 19.0 Å². The predicted octanol–water partition coefficient (Wildman–Crippen LogP) is 1.66. The van der Waals surface area contributed by atoms with E-state index in [2.05, 4.69) is 0 Å². The zero-order valence-corrected chi connectivity index (χ0v) is 11.1. The van der Waals surface area contributed by atoms with Crippen molar-refractivity contribution in [3.8, 4) is 17.2 Å². The number of benzene rings is 1. The van der Waals surface area contributed by atoms with E-state index in [1.165, 1.54) is 12.1 Å². The summed E-state index contributed by atoms with van der Waals surface area (Å²) in [5.41, 5.74) is -0.472. The van der Waals surface area contributed by atoms with Crippen molar-refractivity contribution in [3.05, 3.63) is 28.6 Å². The third kappa shape index (κ3) is 2.85. The third-order valence-electron chi connectivity index (χ3n) is 2.62. The maximum Gasteiger partial charge on any atom is 0.383 e. The molecule has 2 rings (SSSR count). The first-order chi connectivity index (χ1) is 9.67. The number of hydrogen-bond acceptors (Lipinski definition) is 6. The molecule has 0 aliphatic rings. The molecule has 0 aliphatic heterocycles. The van der Waals surface area contributed by atoms with Gasteiger partial charge < -0.3 is 24.1 Å². The second-order valence-electron chi connectivity index (χ2n) is 4.15. The number of aliphatic hydroxyl groups excluding tert-OH is 1. The van der Waals surface area contributed by atoms with Gasteiger partial charge in [0.05, 0.1) is 18.6 Å². The summed E-state index contributed by atoms with van der Waals surface area (Å²) in [4.78, 5) is 11.7. The van der Waals surface area contributed by atoms with Crippen molar-refractivity contribution in [1.82, 2.24) is 0 Å². The SMILES string of the molecule is CCCOc1c(O)c2cc(OCCO)ccc2oc1=O. The monoisotopic (exact) mass is 280 g/mol. The second-order valence-corrected chi connectivity index (χ2v) is 4.15. The van der Waals surface area contributed by atoms with Crippen LogP contribution in [-0.2, 0) is 0 Å². The van der Waals surface area contributed by atoms with Crippen molar-refractivity contribution in [1.29, 1.82) is 0 Å². The topological polar surface area (TPSA) is 89.1 Å². The van der Waals surface area contributed by atoms with Gasteiger partial charge in [0.25, 0.3) is 0 Å². The van der Waals surface area contributed by atoms with Crippen LogP contribution in [-0.4, -0.2) is 30.0 Å². The van der Waals surface area contributed by atoms with Crippen LogP contribution in [0.5, 0.6) is 17.2 Å². The van der Waals surface area contributed by atoms with E-state index in [1.807, 2.05) is 6.92 Å². The van der Waals surface area contributed by atoms with E-state index in [9.17, 15) is 9.90 Å². The van der Waals surface area contributed by atoms with Crippen molar-refractivity contribution in [2.24, 2.45) is 0 Å². The molecule has 1 aromatic carbocycles. The molecule has 2 N–H and O–H groups in total. The van der Waals surface area contributed by atoms with Crippen LogP contribution in [0.3, 0.4) is 0 Å². The van der Waals surface area contributed by atoms with Crippen LogP contribution in [0.25, 0.3) is 11.0 Å². The fraction of sp³-hybridized carbons (Fsp3) is 0.357. The number of aromatic hydroxyl groups is 1. The molecule has 2 aromatic rings. The van der Waals surface area contributed by atoms with Crippen LogP contribution in [0.4, 0.5) is 0 Å². The van der Waals surface area contributed by atoms with E-state index in [0.29, 0.717) is 24.2 Å². The Kier molecular flexibility index (Phi) is 4.47. The highest BCUT2D eigenvalue weighted by Crippen LogP contribution is 2.33. The normalized spacial score (nSPS) is 10.7. The summed E-state index contributed by atoms with van der Waals surface area (Å²) in [6.07, 6.45) is 0.705. The first-order valence-electron chi connectivity index (χ1n) is 6.33. The van der Waals surface area contributed by atoms with Crippen molar-refractivity contribution in [3.63, 3.8) is 0 Å². The highest BCUT2D eigenvalue weighted by Gasteiger charge is 2.15. The molecule has 6 nitrogen and oxygen atoms in total. The Morgan fingerprint density at radius 2 is 2.05 bits per heavy atom. The lowest BCUT2D eigenvalue weighted by Gasteiger charge is -2.09. The van der Waals surface area contributed by atoms with Crippen LogP contribution in [0, 0.1) is 0 Å². The summed E-state index contributed by atoms with van der Waals surface area (Å²) in [6, 6.07) is 4.64. The molecular weight excluding hydrogens is 264 g/mol. The van der Waals surface area contributed by atoms with Gasteiger partial charge in [-0.15, -0.1) is 0 Å². The molecule has 0 radical (unpaired) electrons. The predicted molar refractivity (Wildman–Crippen MR) is 72.5 cm³/mol. The van der Waals surface area contributed by atoms with Gasteiger partial charge in [-0.2, -0.15) is 0 Å². The zero-order valence-electron chi connectivity index (χ0n) is 11.1. The molecule has 0 unspecified atom stereocenters. The summed E-state index contributed by atoms with van der Waals surface area (Å²) in [7, 11) is 0. The third-order valence-corrected chi connectivity index (χ3v) is 2.62. The Hall–Kier alpha value is -2.21. The molecule has 20 heavy (non-hydrogen) atoms. The molecule has 1 aromatic heterocycles.